The van der Waals surface area contributed by atoms with E-state index in [9.17, 15) is 24.5 Å². The number of nitro groups is 1. The van der Waals surface area contributed by atoms with E-state index in [1.807, 2.05) is 4.90 Å². The fourth-order valence-corrected chi connectivity index (χ4v) is 3.67. The fourth-order valence-electron chi connectivity index (χ4n) is 3.67. The maximum absolute atomic E-state index is 12.2. The van der Waals surface area contributed by atoms with Crippen molar-refractivity contribution >= 4 is 29.2 Å². The van der Waals surface area contributed by atoms with Gasteiger partial charge in [0, 0.05) is 32.1 Å². The van der Waals surface area contributed by atoms with Crippen molar-refractivity contribution < 1.29 is 24.0 Å². The van der Waals surface area contributed by atoms with Crippen LogP contribution in [0.5, 0.6) is 0 Å². The average Bonchev–Trinajstić information content (AvgIpc) is 3.11. The van der Waals surface area contributed by atoms with E-state index in [0.29, 0.717) is 31.0 Å². The first-order valence-electron chi connectivity index (χ1n) is 9.40. The Bertz CT molecular complexity index is 809. The number of benzene rings is 1. The third-order valence-electron chi connectivity index (χ3n) is 5.11. The van der Waals surface area contributed by atoms with Crippen LogP contribution in [0.4, 0.5) is 11.4 Å². The predicted molar refractivity (Wildman–Crippen MR) is 99.9 cm³/mol. The molecule has 0 saturated carbocycles. The molecular formula is C19H23N3O6. The molecule has 2 aliphatic heterocycles. The number of ether oxygens (including phenoxy) is 1. The Morgan fingerprint density at radius 2 is 2.07 bits per heavy atom. The Labute approximate surface area is 162 Å². The number of imide groups is 1. The molecule has 0 radical (unpaired) electrons. The van der Waals surface area contributed by atoms with Crippen LogP contribution >= 0.6 is 0 Å². The maximum atomic E-state index is 12.2. The van der Waals surface area contributed by atoms with Crippen LogP contribution in [0.3, 0.4) is 0 Å². The molecule has 1 aromatic carbocycles. The molecule has 2 saturated heterocycles. The molecule has 1 atom stereocenters. The molecule has 9 heteroatoms. The summed E-state index contributed by atoms with van der Waals surface area (Å²) in [6.45, 7) is 3.32. The van der Waals surface area contributed by atoms with Gasteiger partial charge in [0.1, 0.15) is 5.69 Å². The minimum atomic E-state index is -0.832. The van der Waals surface area contributed by atoms with Gasteiger partial charge in [-0.1, -0.05) is 6.92 Å². The largest absolute Gasteiger partial charge is 0.452 e. The highest BCUT2D eigenvalue weighted by molar-refractivity contribution is 5.99. The van der Waals surface area contributed by atoms with Gasteiger partial charge in [-0.25, -0.2) is 4.79 Å². The molecule has 1 aromatic rings. The second-order valence-corrected chi connectivity index (χ2v) is 7.27. The number of hydrogen-bond acceptors (Lipinski definition) is 7. The van der Waals surface area contributed by atoms with Crippen LogP contribution in [0, 0.1) is 16.0 Å². The maximum Gasteiger partial charge on any atom is 0.338 e. The molecule has 28 heavy (non-hydrogen) atoms. The van der Waals surface area contributed by atoms with Crippen molar-refractivity contribution in [1.29, 1.82) is 0 Å². The van der Waals surface area contributed by atoms with Crippen LogP contribution in [-0.4, -0.2) is 53.8 Å². The number of nitrogens with zero attached hydrogens (tertiary/aromatic N) is 3. The van der Waals surface area contributed by atoms with Gasteiger partial charge in [0.05, 0.1) is 10.5 Å². The van der Waals surface area contributed by atoms with Gasteiger partial charge < -0.3 is 9.64 Å². The van der Waals surface area contributed by atoms with Crippen molar-refractivity contribution in [1.82, 2.24) is 4.90 Å². The zero-order valence-corrected chi connectivity index (χ0v) is 15.8. The number of nitro benzene ring substituents is 1. The van der Waals surface area contributed by atoms with Crippen LogP contribution in [0.2, 0.25) is 0 Å². The van der Waals surface area contributed by atoms with E-state index in [2.05, 4.69) is 6.92 Å². The summed E-state index contributed by atoms with van der Waals surface area (Å²) in [6, 6.07) is 4.20. The summed E-state index contributed by atoms with van der Waals surface area (Å²) in [7, 11) is 0. The lowest BCUT2D eigenvalue weighted by Gasteiger charge is -2.32. The molecule has 0 bridgehead atoms. The van der Waals surface area contributed by atoms with E-state index in [0.717, 1.165) is 30.8 Å². The number of piperidine rings is 1. The van der Waals surface area contributed by atoms with Crippen molar-refractivity contribution in [3.05, 3.63) is 33.9 Å². The Morgan fingerprint density at radius 1 is 1.29 bits per heavy atom. The van der Waals surface area contributed by atoms with Crippen molar-refractivity contribution in [2.45, 2.75) is 32.6 Å². The Balaban J connectivity index is 1.70. The topological polar surface area (TPSA) is 110 Å². The number of carbonyl (C=O) groups is 3. The van der Waals surface area contributed by atoms with E-state index >= 15 is 0 Å². The average molecular weight is 389 g/mol. The summed E-state index contributed by atoms with van der Waals surface area (Å²) in [5, 5.41) is 11.5. The molecule has 0 unspecified atom stereocenters. The van der Waals surface area contributed by atoms with Crippen LogP contribution in [0.25, 0.3) is 0 Å². The van der Waals surface area contributed by atoms with Gasteiger partial charge in [-0.15, -0.1) is 0 Å². The predicted octanol–water partition coefficient (Wildman–Crippen LogP) is 2.14. The molecule has 0 spiro atoms. The lowest BCUT2D eigenvalue weighted by atomic mass is 9.99. The molecule has 9 nitrogen and oxygen atoms in total. The molecule has 2 heterocycles. The van der Waals surface area contributed by atoms with Crippen molar-refractivity contribution in [2.24, 2.45) is 5.92 Å². The third-order valence-corrected chi connectivity index (χ3v) is 5.11. The number of anilines is 1. The monoisotopic (exact) mass is 389 g/mol. The molecular weight excluding hydrogens is 366 g/mol. The van der Waals surface area contributed by atoms with Crippen LogP contribution in [-0.2, 0) is 14.3 Å². The first-order valence-corrected chi connectivity index (χ1v) is 9.40. The zero-order chi connectivity index (χ0) is 20.3. The lowest BCUT2D eigenvalue weighted by molar-refractivity contribution is -0.384. The van der Waals surface area contributed by atoms with Gasteiger partial charge in [-0.3, -0.25) is 24.6 Å². The van der Waals surface area contributed by atoms with Gasteiger partial charge in [0.25, 0.3) is 11.6 Å². The van der Waals surface area contributed by atoms with E-state index in [1.165, 1.54) is 12.1 Å². The number of rotatable bonds is 5. The van der Waals surface area contributed by atoms with Gasteiger partial charge in [0.15, 0.2) is 6.61 Å². The van der Waals surface area contributed by atoms with Crippen molar-refractivity contribution in [2.75, 3.05) is 31.1 Å². The van der Waals surface area contributed by atoms with Gasteiger partial charge in [-0.05, 0) is 37.3 Å². The van der Waals surface area contributed by atoms with Crippen LogP contribution < -0.4 is 4.90 Å². The molecule has 0 aromatic heterocycles. The van der Waals surface area contributed by atoms with Crippen molar-refractivity contribution in [3.8, 4) is 0 Å². The Kier molecular flexibility index (Phi) is 5.91. The molecule has 0 aliphatic carbocycles. The molecule has 2 amide bonds. The summed E-state index contributed by atoms with van der Waals surface area (Å²) in [5.74, 6) is -1.25. The highest BCUT2D eigenvalue weighted by atomic mass is 16.6. The molecule has 3 rings (SSSR count). The van der Waals surface area contributed by atoms with Crippen LogP contribution in [0.1, 0.15) is 43.0 Å². The highest BCUT2D eigenvalue weighted by Crippen LogP contribution is 2.32. The highest BCUT2D eigenvalue weighted by Gasteiger charge is 2.28. The number of esters is 1. The number of amides is 2. The SMILES string of the molecule is C[C@H]1CCCN(c2ccc(C(=O)OCC(=O)N3CCCC3=O)cc2[N+](=O)[O-])C1. The van der Waals surface area contributed by atoms with E-state index in [4.69, 9.17) is 4.74 Å². The third kappa shape index (κ3) is 4.29. The van der Waals surface area contributed by atoms with Gasteiger partial charge in [0.2, 0.25) is 5.91 Å². The van der Waals surface area contributed by atoms with E-state index in [1.54, 1.807) is 6.07 Å². The standard InChI is InChI=1S/C19H23N3O6/c1-13-4-2-8-20(11-13)15-7-6-14(10-16(15)22(26)27)19(25)28-12-18(24)21-9-3-5-17(21)23/h6-7,10,13H,2-5,8-9,11-12H2,1H3/t13-/m0/s1. The first-order chi connectivity index (χ1) is 13.4. The summed E-state index contributed by atoms with van der Waals surface area (Å²) < 4.78 is 4.97. The molecule has 2 fully saturated rings. The number of likely N-dealkylation sites (tertiary alicyclic amines) is 1. The summed E-state index contributed by atoms with van der Waals surface area (Å²) in [5.41, 5.74) is 0.317. The summed E-state index contributed by atoms with van der Waals surface area (Å²) >= 11 is 0. The first kappa shape index (κ1) is 19.8. The summed E-state index contributed by atoms with van der Waals surface area (Å²) in [4.78, 5) is 49.8. The minimum Gasteiger partial charge on any atom is -0.452 e. The van der Waals surface area contributed by atoms with E-state index < -0.39 is 23.4 Å². The van der Waals surface area contributed by atoms with Gasteiger partial charge in [-0.2, -0.15) is 0 Å². The molecule has 2 aliphatic rings. The van der Waals surface area contributed by atoms with Crippen LogP contribution in [0.15, 0.2) is 18.2 Å². The summed E-state index contributed by atoms with van der Waals surface area (Å²) in [6.07, 6.45) is 2.95. The zero-order valence-electron chi connectivity index (χ0n) is 15.8. The quantitative estimate of drug-likeness (QED) is 0.431. The normalized spacial score (nSPS) is 19.6. The smallest absolute Gasteiger partial charge is 0.338 e. The Hall–Kier alpha value is -2.97. The second-order valence-electron chi connectivity index (χ2n) is 7.27. The number of carbonyl (C=O) groups excluding carboxylic acids is 3. The minimum absolute atomic E-state index is 0.000978. The number of hydrogen-bond donors (Lipinski definition) is 0. The fraction of sp³-hybridized carbons (Fsp3) is 0.526. The van der Waals surface area contributed by atoms with Gasteiger partial charge >= 0.3 is 5.97 Å². The van der Waals surface area contributed by atoms with Crippen molar-refractivity contribution in [3.63, 3.8) is 0 Å². The Morgan fingerprint density at radius 3 is 2.71 bits per heavy atom. The van der Waals surface area contributed by atoms with E-state index in [-0.39, 0.29) is 17.2 Å². The second kappa shape index (κ2) is 8.37. The molecule has 150 valence electrons. The lowest BCUT2D eigenvalue weighted by Crippen LogP contribution is -2.35. The molecule has 0 N–H and O–H groups in total.